The third-order valence-corrected chi connectivity index (χ3v) is 5.18. The van der Waals surface area contributed by atoms with E-state index in [0.29, 0.717) is 12.1 Å². The molecule has 20 heavy (non-hydrogen) atoms. The summed E-state index contributed by atoms with van der Waals surface area (Å²) in [7, 11) is 0. The molecule has 1 N–H and O–H groups in total. The van der Waals surface area contributed by atoms with Gasteiger partial charge in [-0.3, -0.25) is 0 Å². The van der Waals surface area contributed by atoms with Gasteiger partial charge in [0, 0.05) is 18.4 Å². The minimum atomic E-state index is 0.526. The fraction of sp³-hybridized carbons (Fsp3) is 0.562. The van der Waals surface area contributed by atoms with Crippen molar-refractivity contribution in [2.75, 3.05) is 6.54 Å². The molecule has 3 rings (SSSR count). The van der Waals surface area contributed by atoms with Crippen LogP contribution in [0.1, 0.15) is 39.2 Å². The van der Waals surface area contributed by atoms with Crippen LogP contribution < -0.4 is 5.32 Å². The standard InChI is InChI=1S/C16H23N3S/c1-3-17-13-7-6-12(2)11-14(13)19-9-8-18-16(19)15-5-4-10-20-15/h4-5,8-10,12-14,17H,3,6-7,11H2,1-2H3. The third kappa shape index (κ3) is 2.67. The van der Waals surface area contributed by atoms with Crippen molar-refractivity contribution in [3.8, 4) is 10.7 Å². The van der Waals surface area contributed by atoms with E-state index in [1.54, 1.807) is 11.3 Å². The van der Waals surface area contributed by atoms with Crippen molar-refractivity contribution in [3.05, 3.63) is 29.9 Å². The minimum Gasteiger partial charge on any atom is -0.326 e. The molecule has 0 amide bonds. The van der Waals surface area contributed by atoms with Crippen LogP contribution in [0.4, 0.5) is 0 Å². The van der Waals surface area contributed by atoms with E-state index < -0.39 is 0 Å². The van der Waals surface area contributed by atoms with Gasteiger partial charge in [-0.15, -0.1) is 11.3 Å². The summed E-state index contributed by atoms with van der Waals surface area (Å²) in [4.78, 5) is 5.87. The molecule has 3 nitrogen and oxygen atoms in total. The normalized spacial score (nSPS) is 26.8. The van der Waals surface area contributed by atoms with Crippen LogP contribution in [0.2, 0.25) is 0 Å². The van der Waals surface area contributed by atoms with Gasteiger partial charge in [0.25, 0.3) is 0 Å². The van der Waals surface area contributed by atoms with Crippen LogP contribution >= 0.6 is 11.3 Å². The number of hydrogen-bond donors (Lipinski definition) is 1. The number of aromatic nitrogens is 2. The van der Waals surface area contributed by atoms with Gasteiger partial charge in [-0.1, -0.05) is 19.9 Å². The van der Waals surface area contributed by atoms with Crippen molar-refractivity contribution in [1.29, 1.82) is 0 Å². The van der Waals surface area contributed by atoms with Crippen LogP contribution in [0.25, 0.3) is 10.7 Å². The van der Waals surface area contributed by atoms with Crippen LogP contribution in [-0.4, -0.2) is 22.1 Å². The molecule has 1 aliphatic carbocycles. The first kappa shape index (κ1) is 13.8. The van der Waals surface area contributed by atoms with E-state index in [1.807, 2.05) is 6.20 Å². The minimum absolute atomic E-state index is 0.526. The molecular formula is C16H23N3S. The SMILES string of the molecule is CCNC1CCC(C)CC1n1ccnc1-c1cccs1. The molecule has 0 aliphatic heterocycles. The van der Waals surface area contributed by atoms with Crippen LogP contribution in [0.15, 0.2) is 29.9 Å². The maximum Gasteiger partial charge on any atom is 0.150 e. The lowest BCUT2D eigenvalue weighted by molar-refractivity contribution is 0.219. The zero-order valence-corrected chi connectivity index (χ0v) is 13.1. The number of thiophene rings is 1. The number of nitrogens with one attached hydrogen (secondary N) is 1. The molecule has 1 fully saturated rings. The quantitative estimate of drug-likeness (QED) is 0.923. The first-order valence-corrected chi connectivity index (χ1v) is 8.47. The summed E-state index contributed by atoms with van der Waals surface area (Å²) in [5.74, 6) is 1.93. The molecule has 3 atom stereocenters. The first-order chi connectivity index (χ1) is 9.79. The van der Waals surface area contributed by atoms with Gasteiger partial charge in [-0.05, 0) is 43.2 Å². The van der Waals surface area contributed by atoms with Crippen LogP contribution in [0, 0.1) is 5.92 Å². The molecule has 2 aromatic heterocycles. The van der Waals surface area contributed by atoms with E-state index in [1.165, 1.54) is 24.1 Å². The average molecular weight is 289 g/mol. The largest absolute Gasteiger partial charge is 0.326 e. The molecule has 2 heterocycles. The Balaban J connectivity index is 1.92. The second-order valence-electron chi connectivity index (χ2n) is 5.79. The molecule has 0 saturated heterocycles. The summed E-state index contributed by atoms with van der Waals surface area (Å²) in [6, 6.07) is 5.37. The molecule has 1 aliphatic rings. The summed E-state index contributed by atoms with van der Waals surface area (Å²) < 4.78 is 2.40. The summed E-state index contributed by atoms with van der Waals surface area (Å²) in [5, 5.41) is 5.80. The van der Waals surface area contributed by atoms with E-state index in [-0.39, 0.29) is 0 Å². The molecule has 2 aromatic rings. The van der Waals surface area contributed by atoms with Gasteiger partial charge >= 0.3 is 0 Å². The number of hydrogen-bond acceptors (Lipinski definition) is 3. The molecule has 0 aromatic carbocycles. The van der Waals surface area contributed by atoms with Gasteiger partial charge in [-0.25, -0.2) is 4.98 Å². The summed E-state index contributed by atoms with van der Waals surface area (Å²) in [6.45, 7) is 5.61. The Hall–Kier alpha value is -1.13. The highest BCUT2D eigenvalue weighted by molar-refractivity contribution is 7.13. The summed E-state index contributed by atoms with van der Waals surface area (Å²) >= 11 is 1.77. The Kier molecular flexibility index (Phi) is 4.22. The monoisotopic (exact) mass is 289 g/mol. The van der Waals surface area contributed by atoms with Crippen molar-refractivity contribution in [1.82, 2.24) is 14.9 Å². The lowest BCUT2D eigenvalue weighted by atomic mass is 9.83. The predicted octanol–water partition coefficient (Wildman–Crippen LogP) is 3.95. The lowest BCUT2D eigenvalue weighted by Gasteiger charge is -2.36. The molecule has 108 valence electrons. The molecule has 0 radical (unpaired) electrons. The molecule has 3 unspecified atom stereocenters. The third-order valence-electron chi connectivity index (χ3n) is 4.31. The zero-order chi connectivity index (χ0) is 13.9. The highest BCUT2D eigenvalue weighted by Gasteiger charge is 2.30. The molecular weight excluding hydrogens is 266 g/mol. The number of nitrogens with zero attached hydrogens (tertiary/aromatic N) is 2. The predicted molar refractivity (Wildman–Crippen MR) is 85.1 cm³/mol. The van der Waals surface area contributed by atoms with Crippen LogP contribution in [0.5, 0.6) is 0 Å². The van der Waals surface area contributed by atoms with Gasteiger partial charge in [0.15, 0.2) is 0 Å². The Morgan fingerprint density at radius 1 is 1.45 bits per heavy atom. The highest BCUT2D eigenvalue weighted by Crippen LogP contribution is 2.36. The van der Waals surface area contributed by atoms with Crippen molar-refractivity contribution in [2.24, 2.45) is 5.92 Å². The van der Waals surface area contributed by atoms with Gasteiger partial charge in [0.1, 0.15) is 5.82 Å². The Morgan fingerprint density at radius 3 is 3.10 bits per heavy atom. The number of likely N-dealkylation sites (N-methyl/N-ethyl adjacent to an activating group) is 1. The zero-order valence-electron chi connectivity index (χ0n) is 12.2. The van der Waals surface area contributed by atoms with E-state index in [0.717, 1.165) is 18.3 Å². The maximum atomic E-state index is 4.60. The van der Waals surface area contributed by atoms with E-state index >= 15 is 0 Å². The number of rotatable bonds is 4. The molecule has 1 saturated carbocycles. The molecule has 0 bridgehead atoms. The van der Waals surface area contributed by atoms with Crippen molar-refractivity contribution >= 4 is 11.3 Å². The first-order valence-electron chi connectivity index (χ1n) is 7.59. The van der Waals surface area contributed by atoms with Crippen LogP contribution in [0.3, 0.4) is 0 Å². The van der Waals surface area contributed by atoms with Gasteiger partial charge in [0.2, 0.25) is 0 Å². The molecule has 4 heteroatoms. The van der Waals surface area contributed by atoms with Crippen molar-refractivity contribution in [2.45, 2.75) is 45.2 Å². The van der Waals surface area contributed by atoms with Gasteiger partial charge in [0.05, 0.1) is 10.9 Å². The highest BCUT2D eigenvalue weighted by atomic mass is 32.1. The topological polar surface area (TPSA) is 29.9 Å². The van der Waals surface area contributed by atoms with E-state index in [9.17, 15) is 0 Å². The molecule has 0 spiro atoms. The lowest BCUT2D eigenvalue weighted by Crippen LogP contribution is -2.41. The average Bonchev–Trinajstić information content (AvgIpc) is 3.10. The van der Waals surface area contributed by atoms with Gasteiger partial charge < -0.3 is 9.88 Å². The smallest absolute Gasteiger partial charge is 0.150 e. The fourth-order valence-corrected chi connectivity index (χ4v) is 4.06. The number of imidazole rings is 1. The maximum absolute atomic E-state index is 4.60. The summed E-state index contributed by atoms with van der Waals surface area (Å²) in [6.07, 6.45) is 7.94. The Bertz CT molecular complexity index is 532. The van der Waals surface area contributed by atoms with Crippen molar-refractivity contribution < 1.29 is 0 Å². The Morgan fingerprint density at radius 2 is 2.35 bits per heavy atom. The Labute approximate surface area is 125 Å². The van der Waals surface area contributed by atoms with Gasteiger partial charge in [-0.2, -0.15) is 0 Å². The second kappa shape index (κ2) is 6.10. The van der Waals surface area contributed by atoms with Crippen LogP contribution in [-0.2, 0) is 0 Å². The van der Waals surface area contributed by atoms with Crippen molar-refractivity contribution in [3.63, 3.8) is 0 Å². The fourth-order valence-electron chi connectivity index (χ4n) is 3.34. The van der Waals surface area contributed by atoms with E-state index in [2.05, 4.69) is 52.4 Å². The van der Waals surface area contributed by atoms with E-state index in [4.69, 9.17) is 0 Å². The summed E-state index contributed by atoms with van der Waals surface area (Å²) in [5.41, 5.74) is 0. The second-order valence-corrected chi connectivity index (χ2v) is 6.73.